The monoisotopic (exact) mass is 453 g/mol. The van der Waals surface area contributed by atoms with Crippen LogP contribution >= 0.6 is 0 Å². The molecule has 33 heavy (non-hydrogen) atoms. The zero-order chi connectivity index (χ0) is 23.0. The van der Waals surface area contributed by atoms with Crippen molar-refractivity contribution in [3.63, 3.8) is 0 Å². The third-order valence-corrected chi connectivity index (χ3v) is 7.09. The van der Waals surface area contributed by atoms with Crippen LogP contribution in [0.3, 0.4) is 0 Å². The lowest BCUT2D eigenvalue weighted by molar-refractivity contribution is -0.134. The summed E-state index contributed by atoms with van der Waals surface area (Å²) < 4.78 is 5.96. The highest BCUT2D eigenvalue weighted by Crippen LogP contribution is 2.24. The molecule has 1 aliphatic heterocycles. The molecule has 3 aromatic rings. The molecule has 4 nitrogen and oxygen atoms in total. The molecule has 0 unspecified atom stereocenters. The van der Waals surface area contributed by atoms with Gasteiger partial charge >= 0.3 is 0 Å². The molecule has 1 aliphatic rings. The SMILES string of the molecule is CC#C[C@@H]([Si]CC(=O)O)c1ccc(OCc2ccc(CN3Cc4ccccc4C3)cc2)cc1. The van der Waals surface area contributed by atoms with Crippen molar-refractivity contribution >= 4 is 15.5 Å². The highest BCUT2D eigenvalue weighted by atomic mass is 28.2. The zero-order valence-electron chi connectivity index (χ0n) is 18.8. The molecule has 3 aromatic carbocycles. The van der Waals surface area contributed by atoms with Gasteiger partial charge in [-0.2, -0.15) is 0 Å². The lowest BCUT2D eigenvalue weighted by atomic mass is 10.1. The fourth-order valence-electron chi connectivity index (χ4n) is 4.02. The van der Waals surface area contributed by atoms with Crippen molar-refractivity contribution < 1.29 is 14.6 Å². The normalized spacial score (nSPS) is 13.6. The highest BCUT2D eigenvalue weighted by Gasteiger charge is 2.18. The first kappa shape index (κ1) is 22.8. The number of hydrogen-bond donors (Lipinski definition) is 1. The molecule has 5 heteroatoms. The summed E-state index contributed by atoms with van der Waals surface area (Å²) in [5, 5.41) is 8.96. The lowest BCUT2D eigenvalue weighted by Crippen LogP contribution is -2.15. The number of carbonyl (C=O) groups is 1. The Balaban J connectivity index is 1.28. The molecule has 1 heterocycles. The first-order valence-corrected chi connectivity index (χ1v) is 12.4. The first-order valence-electron chi connectivity index (χ1n) is 11.1. The molecule has 1 atom stereocenters. The van der Waals surface area contributed by atoms with Gasteiger partial charge in [-0.15, -0.1) is 5.92 Å². The maximum absolute atomic E-state index is 10.9. The van der Waals surface area contributed by atoms with Crippen molar-refractivity contribution in [1.82, 2.24) is 4.90 Å². The van der Waals surface area contributed by atoms with E-state index in [1.165, 1.54) is 16.7 Å². The molecule has 0 spiro atoms. The number of nitrogens with zero attached hydrogens (tertiary/aromatic N) is 1. The van der Waals surface area contributed by atoms with Crippen LogP contribution in [0.4, 0.5) is 0 Å². The van der Waals surface area contributed by atoms with Crippen LogP contribution in [0.15, 0.2) is 72.8 Å². The van der Waals surface area contributed by atoms with E-state index in [1.807, 2.05) is 24.3 Å². The number of benzene rings is 3. The summed E-state index contributed by atoms with van der Waals surface area (Å²) in [7, 11) is 0.237. The molecular weight excluding hydrogens is 426 g/mol. The van der Waals surface area contributed by atoms with Gasteiger partial charge in [0.25, 0.3) is 5.97 Å². The van der Waals surface area contributed by atoms with E-state index < -0.39 is 5.97 Å². The summed E-state index contributed by atoms with van der Waals surface area (Å²) in [6.45, 7) is 5.26. The largest absolute Gasteiger partial charge is 0.489 e. The molecule has 0 fully saturated rings. The van der Waals surface area contributed by atoms with E-state index in [4.69, 9.17) is 9.84 Å². The van der Waals surface area contributed by atoms with Crippen molar-refractivity contribution in [2.75, 3.05) is 0 Å². The van der Waals surface area contributed by atoms with Gasteiger partial charge in [-0.25, -0.2) is 0 Å². The van der Waals surface area contributed by atoms with Gasteiger partial charge < -0.3 is 9.84 Å². The van der Waals surface area contributed by atoms with E-state index in [0.717, 1.165) is 36.5 Å². The van der Waals surface area contributed by atoms with Gasteiger partial charge in [-0.05, 0) is 46.9 Å². The number of aliphatic carboxylic acids is 1. The molecule has 166 valence electrons. The molecule has 0 bridgehead atoms. The van der Waals surface area contributed by atoms with Crippen molar-refractivity contribution in [1.29, 1.82) is 0 Å². The lowest BCUT2D eigenvalue weighted by Gasteiger charge is -2.15. The molecule has 2 radical (unpaired) electrons. The number of rotatable bonds is 9. The summed E-state index contributed by atoms with van der Waals surface area (Å²) in [5.74, 6) is 6.04. The van der Waals surface area contributed by atoms with Gasteiger partial charge in [-0.3, -0.25) is 9.69 Å². The Kier molecular flexibility index (Phi) is 7.61. The molecule has 0 saturated carbocycles. The van der Waals surface area contributed by atoms with Crippen LogP contribution in [0.2, 0.25) is 6.04 Å². The van der Waals surface area contributed by atoms with Crippen molar-refractivity contribution in [3.8, 4) is 17.6 Å². The van der Waals surface area contributed by atoms with Crippen LogP contribution in [0.5, 0.6) is 5.75 Å². The van der Waals surface area contributed by atoms with Gasteiger partial charge in [0.15, 0.2) is 0 Å². The second kappa shape index (κ2) is 11.0. The van der Waals surface area contributed by atoms with Crippen molar-refractivity contribution in [2.45, 2.75) is 44.8 Å². The summed E-state index contributed by atoms with van der Waals surface area (Å²) in [5.41, 5.74) is 6.29. The van der Waals surface area contributed by atoms with Crippen LogP contribution in [0, 0.1) is 11.8 Å². The van der Waals surface area contributed by atoms with Crippen LogP contribution < -0.4 is 4.74 Å². The molecule has 1 N–H and O–H groups in total. The zero-order valence-corrected chi connectivity index (χ0v) is 19.8. The Morgan fingerprint density at radius 2 is 1.64 bits per heavy atom. The molecular formula is C28H27NO3Si. The minimum atomic E-state index is -0.785. The minimum absolute atomic E-state index is 0.0453. The Bertz CT molecular complexity index is 1120. The van der Waals surface area contributed by atoms with E-state index >= 15 is 0 Å². The molecule has 0 aromatic heterocycles. The van der Waals surface area contributed by atoms with Crippen LogP contribution in [0.1, 0.15) is 40.3 Å². The predicted octanol–water partition coefficient (Wildman–Crippen LogP) is 5.05. The van der Waals surface area contributed by atoms with E-state index in [9.17, 15) is 4.79 Å². The standard InChI is InChI=1S/C28H27NO3Si/c1-2-5-27(33-20-28(30)31)23-12-14-26(15-13-23)32-19-22-10-8-21(9-11-22)16-29-17-24-6-3-4-7-25(24)18-29/h3-4,6-15,27H,16-20H2,1H3,(H,30,31)/t27-/m1/s1. The maximum atomic E-state index is 10.9. The summed E-state index contributed by atoms with van der Waals surface area (Å²) in [6, 6.07) is 25.3. The van der Waals surface area contributed by atoms with Crippen molar-refractivity contribution in [2.24, 2.45) is 0 Å². The summed E-state index contributed by atoms with van der Waals surface area (Å²) in [6.07, 6.45) is 0. The molecule has 0 saturated heterocycles. The molecule has 0 amide bonds. The fourth-order valence-corrected chi connectivity index (χ4v) is 5.08. The molecule has 4 rings (SSSR count). The number of fused-ring (bicyclic) bond motifs is 1. The summed E-state index contributed by atoms with van der Waals surface area (Å²) in [4.78, 5) is 13.4. The van der Waals surface area contributed by atoms with E-state index in [2.05, 4.69) is 65.3 Å². The number of carboxylic acid groups (broad SMARTS) is 1. The van der Waals surface area contributed by atoms with Gasteiger partial charge in [-0.1, -0.05) is 66.6 Å². The fraction of sp³-hybridized carbons (Fsp3) is 0.250. The van der Waals surface area contributed by atoms with Crippen LogP contribution in [-0.4, -0.2) is 25.5 Å². The highest BCUT2D eigenvalue weighted by molar-refractivity contribution is 6.43. The van der Waals surface area contributed by atoms with Gasteiger partial charge in [0, 0.05) is 31.2 Å². The number of carboxylic acids is 1. The average molecular weight is 454 g/mol. The Labute approximate surface area is 198 Å². The second-order valence-electron chi connectivity index (χ2n) is 8.19. The number of ether oxygens (including phenoxy) is 1. The van der Waals surface area contributed by atoms with Gasteiger partial charge in [0.1, 0.15) is 12.4 Å². The second-order valence-corrected chi connectivity index (χ2v) is 9.53. The third-order valence-electron chi connectivity index (χ3n) is 5.70. The molecule has 0 aliphatic carbocycles. The van der Waals surface area contributed by atoms with Crippen LogP contribution in [0.25, 0.3) is 0 Å². The van der Waals surface area contributed by atoms with Gasteiger partial charge in [0.2, 0.25) is 0 Å². The van der Waals surface area contributed by atoms with E-state index in [0.29, 0.717) is 6.61 Å². The first-order chi connectivity index (χ1) is 16.1. The Hall–Kier alpha value is -3.33. The Morgan fingerprint density at radius 3 is 2.24 bits per heavy atom. The average Bonchev–Trinajstić information content (AvgIpc) is 3.24. The number of hydrogen-bond acceptors (Lipinski definition) is 3. The Morgan fingerprint density at radius 1 is 1.00 bits per heavy atom. The van der Waals surface area contributed by atoms with Crippen LogP contribution in [-0.2, 0) is 31.0 Å². The third kappa shape index (κ3) is 6.35. The maximum Gasteiger partial charge on any atom is 0.300 e. The van der Waals surface area contributed by atoms with E-state index in [-0.39, 0.29) is 21.1 Å². The van der Waals surface area contributed by atoms with Gasteiger partial charge in [0.05, 0.1) is 9.52 Å². The minimum Gasteiger partial charge on any atom is -0.489 e. The van der Waals surface area contributed by atoms with E-state index in [1.54, 1.807) is 6.92 Å². The summed E-state index contributed by atoms with van der Waals surface area (Å²) >= 11 is 0. The topological polar surface area (TPSA) is 49.8 Å². The predicted molar refractivity (Wildman–Crippen MR) is 131 cm³/mol. The van der Waals surface area contributed by atoms with Crippen molar-refractivity contribution in [3.05, 3.63) is 101 Å². The quantitative estimate of drug-likeness (QED) is 0.364. The smallest absolute Gasteiger partial charge is 0.300 e.